The Balaban J connectivity index is 2.15. The fourth-order valence-corrected chi connectivity index (χ4v) is 2.65. The Kier molecular flexibility index (Phi) is 4.60. The summed E-state index contributed by atoms with van der Waals surface area (Å²) >= 11 is 0. The number of pyridine rings is 1. The van der Waals surface area contributed by atoms with Crippen LogP contribution < -0.4 is 4.90 Å². The van der Waals surface area contributed by atoms with Crippen LogP contribution in [0.3, 0.4) is 0 Å². The number of nitrogens with zero attached hydrogens (tertiary/aromatic N) is 3. The van der Waals surface area contributed by atoms with E-state index in [0.717, 1.165) is 37.3 Å². The van der Waals surface area contributed by atoms with Gasteiger partial charge in [0.1, 0.15) is 5.82 Å². The number of methoxy groups -OCH3 is 1. The molecule has 1 aliphatic heterocycles. The lowest BCUT2D eigenvalue weighted by Crippen LogP contribution is -2.42. The molecule has 2 heterocycles. The maximum Gasteiger partial charge on any atom is 0.356 e. The molecule has 0 aliphatic carbocycles. The van der Waals surface area contributed by atoms with Crippen molar-refractivity contribution in [3.05, 3.63) is 23.4 Å². The highest BCUT2D eigenvalue weighted by Crippen LogP contribution is 2.23. The van der Waals surface area contributed by atoms with E-state index < -0.39 is 0 Å². The van der Waals surface area contributed by atoms with Gasteiger partial charge in [-0.15, -0.1) is 0 Å². The molecule has 0 spiro atoms. The molecule has 1 aromatic rings. The standard InChI is InChI=1S/C15H23N3O2/c1-11-5-6-13(15(19)20-4)16-14(11)18-9-7-12(8-10-18)17(2)3/h5-6,12H,7-10H2,1-4H3. The number of hydrogen-bond acceptors (Lipinski definition) is 5. The first-order valence-electron chi connectivity index (χ1n) is 7.00. The molecule has 110 valence electrons. The molecule has 1 aliphatic rings. The molecule has 5 heteroatoms. The maximum absolute atomic E-state index is 11.6. The summed E-state index contributed by atoms with van der Waals surface area (Å²) in [6.45, 7) is 3.98. The highest BCUT2D eigenvalue weighted by molar-refractivity contribution is 5.87. The lowest BCUT2D eigenvalue weighted by Gasteiger charge is -2.36. The van der Waals surface area contributed by atoms with Gasteiger partial charge in [0.25, 0.3) is 0 Å². The topological polar surface area (TPSA) is 45.7 Å². The fraction of sp³-hybridized carbons (Fsp3) is 0.600. The van der Waals surface area contributed by atoms with Gasteiger partial charge in [-0.05, 0) is 45.5 Å². The molecule has 0 unspecified atom stereocenters. The summed E-state index contributed by atoms with van der Waals surface area (Å²) in [4.78, 5) is 20.6. The summed E-state index contributed by atoms with van der Waals surface area (Å²) in [6, 6.07) is 4.29. The van der Waals surface area contributed by atoms with Gasteiger partial charge in [-0.3, -0.25) is 0 Å². The second-order valence-corrected chi connectivity index (χ2v) is 5.51. The van der Waals surface area contributed by atoms with Crippen molar-refractivity contribution in [2.75, 3.05) is 39.2 Å². The molecule has 0 saturated carbocycles. The van der Waals surface area contributed by atoms with Crippen molar-refractivity contribution in [1.82, 2.24) is 9.88 Å². The smallest absolute Gasteiger partial charge is 0.356 e. The Labute approximate surface area is 120 Å². The number of esters is 1. The molecular formula is C15H23N3O2. The van der Waals surface area contributed by atoms with E-state index in [1.54, 1.807) is 6.07 Å². The maximum atomic E-state index is 11.6. The van der Waals surface area contributed by atoms with Crippen LogP contribution in [0.25, 0.3) is 0 Å². The lowest BCUT2D eigenvalue weighted by atomic mass is 10.0. The minimum Gasteiger partial charge on any atom is -0.464 e. The first-order chi connectivity index (χ1) is 9.52. The summed E-state index contributed by atoms with van der Waals surface area (Å²) < 4.78 is 4.74. The molecule has 1 aromatic heterocycles. The van der Waals surface area contributed by atoms with Crippen LogP contribution in [0.1, 0.15) is 28.9 Å². The van der Waals surface area contributed by atoms with Crippen LogP contribution >= 0.6 is 0 Å². The molecule has 0 N–H and O–H groups in total. The van der Waals surface area contributed by atoms with Crippen molar-refractivity contribution in [3.63, 3.8) is 0 Å². The molecule has 20 heavy (non-hydrogen) atoms. The summed E-state index contributed by atoms with van der Waals surface area (Å²) in [5.74, 6) is 0.527. The van der Waals surface area contributed by atoms with E-state index in [-0.39, 0.29) is 5.97 Å². The van der Waals surface area contributed by atoms with Gasteiger partial charge in [0.05, 0.1) is 7.11 Å². The van der Waals surface area contributed by atoms with Crippen LogP contribution in [0.5, 0.6) is 0 Å². The van der Waals surface area contributed by atoms with Gasteiger partial charge >= 0.3 is 5.97 Å². The average molecular weight is 277 g/mol. The zero-order valence-corrected chi connectivity index (χ0v) is 12.7. The summed E-state index contributed by atoms with van der Waals surface area (Å²) in [5, 5.41) is 0. The van der Waals surface area contributed by atoms with Gasteiger partial charge in [-0.25, -0.2) is 9.78 Å². The zero-order valence-electron chi connectivity index (χ0n) is 12.7. The van der Waals surface area contributed by atoms with Crippen molar-refractivity contribution in [1.29, 1.82) is 0 Å². The molecule has 0 atom stereocenters. The normalized spacial score (nSPS) is 16.6. The number of rotatable bonds is 3. The minimum absolute atomic E-state index is 0.378. The molecule has 1 saturated heterocycles. The molecule has 0 radical (unpaired) electrons. The Morgan fingerprint density at radius 2 is 2.00 bits per heavy atom. The summed E-state index contributed by atoms with van der Waals surface area (Å²) in [5.41, 5.74) is 1.48. The van der Waals surface area contributed by atoms with Crippen LogP contribution in [0.4, 0.5) is 5.82 Å². The molecular weight excluding hydrogens is 254 g/mol. The number of aromatic nitrogens is 1. The van der Waals surface area contributed by atoms with E-state index in [1.807, 2.05) is 13.0 Å². The second kappa shape index (κ2) is 6.22. The van der Waals surface area contributed by atoms with Crippen molar-refractivity contribution >= 4 is 11.8 Å². The number of carbonyl (C=O) groups is 1. The number of aryl methyl sites for hydroxylation is 1. The third kappa shape index (κ3) is 3.10. The van der Waals surface area contributed by atoms with E-state index in [1.165, 1.54) is 7.11 Å². The Morgan fingerprint density at radius 1 is 1.35 bits per heavy atom. The van der Waals surface area contributed by atoms with E-state index >= 15 is 0 Å². The van der Waals surface area contributed by atoms with Gasteiger partial charge in [0.15, 0.2) is 5.69 Å². The van der Waals surface area contributed by atoms with Gasteiger partial charge in [0.2, 0.25) is 0 Å². The zero-order chi connectivity index (χ0) is 14.7. The number of hydrogen-bond donors (Lipinski definition) is 0. The van der Waals surface area contributed by atoms with Gasteiger partial charge in [0, 0.05) is 19.1 Å². The first kappa shape index (κ1) is 14.8. The molecule has 1 fully saturated rings. The van der Waals surface area contributed by atoms with Crippen LogP contribution in [0, 0.1) is 6.92 Å². The quantitative estimate of drug-likeness (QED) is 0.787. The minimum atomic E-state index is -0.380. The van der Waals surface area contributed by atoms with Crippen molar-refractivity contribution < 1.29 is 9.53 Å². The lowest BCUT2D eigenvalue weighted by molar-refractivity contribution is 0.0594. The van der Waals surface area contributed by atoms with Crippen LogP contribution in [-0.4, -0.2) is 56.2 Å². The van der Waals surface area contributed by atoms with Gasteiger partial charge < -0.3 is 14.5 Å². The van der Waals surface area contributed by atoms with Crippen molar-refractivity contribution in [3.8, 4) is 0 Å². The third-order valence-electron chi connectivity index (χ3n) is 3.96. The van der Waals surface area contributed by atoms with Gasteiger partial charge in [-0.1, -0.05) is 6.07 Å². The van der Waals surface area contributed by atoms with E-state index in [0.29, 0.717) is 11.7 Å². The average Bonchev–Trinajstić information content (AvgIpc) is 2.47. The predicted octanol–water partition coefficient (Wildman–Crippen LogP) is 1.71. The number of ether oxygens (including phenoxy) is 1. The molecule has 2 rings (SSSR count). The summed E-state index contributed by atoms with van der Waals surface area (Å²) in [6.07, 6.45) is 2.24. The number of anilines is 1. The van der Waals surface area contributed by atoms with Crippen molar-refractivity contribution in [2.24, 2.45) is 0 Å². The van der Waals surface area contributed by atoms with E-state index in [9.17, 15) is 4.79 Å². The fourth-order valence-electron chi connectivity index (χ4n) is 2.65. The van der Waals surface area contributed by atoms with E-state index in [2.05, 4.69) is 28.9 Å². The number of carbonyl (C=O) groups excluding carboxylic acids is 1. The first-order valence-corrected chi connectivity index (χ1v) is 7.00. The highest BCUT2D eigenvalue weighted by Gasteiger charge is 2.23. The Bertz CT molecular complexity index is 480. The van der Waals surface area contributed by atoms with Crippen LogP contribution in [0.15, 0.2) is 12.1 Å². The predicted molar refractivity (Wildman–Crippen MR) is 79.2 cm³/mol. The third-order valence-corrected chi connectivity index (χ3v) is 3.96. The molecule has 0 amide bonds. The SMILES string of the molecule is COC(=O)c1ccc(C)c(N2CCC(N(C)C)CC2)n1. The molecule has 5 nitrogen and oxygen atoms in total. The number of piperidine rings is 1. The Morgan fingerprint density at radius 3 is 2.55 bits per heavy atom. The van der Waals surface area contributed by atoms with Crippen LogP contribution in [0.2, 0.25) is 0 Å². The largest absolute Gasteiger partial charge is 0.464 e. The van der Waals surface area contributed by atoms with E-state index in [4.69, 9.17) is 4.74 Å². The van der Waals surface area contributed by atoms with Crippen molar-refractivity contribution in [2.45, 2.75) is 25.8 Å². The highest BCUT2D eigenvalue weighted by atomic mass is 16.5. The monoisotopic (exact) mass is 277 g/mol. The molecule has 0 aromatic carbocycles. The van der Waals surface area contributed by atoms with Gasteiger partial charge in [-0.2, -0.15) is 0 Å². The second-order valence-electron chi connectivity index (χ2n) is 5.51. The molecule has 0 bridgehead atoms. The van der Waals surface area contributed by atoms with Crippen LogP contribution in [-0.2, 0) is 4.74 Å². The summed E-state index contributed by atoms with van der Waals surface area (Å²) in [7, 11) is 5.63. The Hall–Kier alpha value is -1.62.